The zero-order valence-corrected chi connectivity index (χ0v) is 12.7. The maximum atomic E-state index is 13.2. The fraction of sp³-hybridized carbons (Fsp3) is 0.231. The van der Waals surface area contributed by atoms with E-state index in [-0.39, 0.29) is 26.9 Å². The van der Waals surface area contributed by atoms with Crippen molar-refractivity contribution in [2.45, 2.75) is 12.6 Å². The van der Waals surface area contributed by atoms with Gasteiger partial charge < -0.3 is 5.73 Å². The highest BCUT2D eigenvalue weighted by Crippen LogP contribution is 2.41. The summed E-state index contributed by atoms with van der Waals surface area (Å²) in [5.74, 6) is -0.775. The monoisotopic (exact) mass is 351 g/mol. The maximum absolute atomic E-state index is 13.2. The van der Waals surface area contributed by atoms with Gasteiger partial charge in [-0.1, -0.05) is 29.3 Å². The van der Waals surface area contributed by atoms with E-state index in [0.29, 0.717) is 0 Å². The number of halogens is 5. The van der Waals surface area contributed by atoms with Crippen LogP contribution in [0.1, 0.15) is 11.4 Å². The summed E-state index contributed by atoms with van der Waals surface area (Å²) in [5.41, 5.74) is 3.83. The SMILES string of the molecule is Cn1nc(C(F)(F)F)c(-c2ccc(Cl)cc2Cl)c1CC(N)=O. The van der Waals surface area contributed by atoms with Gasteiger partial charge in [-0.2, -0.15) is 18.3 Å². The van der Waals surface area contributed by atoms with Crippen LogP contribution < -0.4 is 5.73 Å². The number of carbonyl (C=O) groups excluding carboxylic acids is 1. The van der Waals surface area contributed by atoms with Crippen molar-refractivity contribution in [3.05, 3.63) is 39.6 Å². The van der Waals surface area contributed by atoms with Gasteiger partial charge in [0.25, 0.3) is 0 Å². The van der Waals surface area contributed by atoms with E-state index in [1.807, 2.05) is 0 Å². The van der Waals surface area contributed by atoms with Gasteiger partial charge in [-0.05, 0) is 12.1 Å². The summed E-state index contributed by atoms with van der Waals surface area (Å²) in [4.78, 5) is 11.1. The summed E-state index contributed by atoms with van der Waals surface area (Å²) in [6, 6.07) is 4.07. The van der Waals surface area contributed by atoms with Crippen LogP contribution in [0.15, 0.2) is 18.2 Å². The van der Waals surface area contributed by atoms with E-state index in [1.54, 1.807) is 0 Å². The van der Waals surface area contributed by atoms with Gasteiger partial charge in [0.1, 0.15) is 0 Å². The lowest BCUT2D eigenvalue weighted by atomic mass is 10.0. The smallest absolute Gasteiger partial charge is 0.369 e. The van der Waals surface area contributed by atoms with Crippen LogP contribution >= 0.6 is 23.2 Å². The molecule has 0 spiro atoms. The molecule has 0 atom stereocenters. The number of hydrogen-bond donors (Lipinski definition) is 1. The molecule has 118 valence electrons. The Hall–Kier alpha value is -1.73. The Morgan fingerprint density at radius 1 is 1.36 bits per heavy atom. The van der Waals surface area contributed by atoms with Crippen LogP contribution in [0, 0.1) is 0 Å². The molecule has 0 bridgehead atoms. The molecule has 2 rings (SSSR count). The maximum Gasteiger partial charge on any atom is 0.435 e. The van der Waals surface area contributed by atoms with Crippen LogP contribution in [0.2, 0.25) is 10.0 Å². The van der Waals surface area contributed by atoms with Crippen molar-refractivity contribution in [3.8, 4) is 11.1 Å². The van der Waals surface area contributed by atoms with Crippen molar-refractivity contribution in [1.29, 1.82) is 0 Å². The number of amides is 1. The van der Waals surface area contributed by atoms with Crippen LogP contribution in [0.5, 0.6) is 0 Å². The number of alkyl halides is 3. The molecule has 1 aromatic heterocycles. The van der Waals surface area contributed by atoms with Gasteiger partial charge in [-0.25, -0.2) is 0 Å². The van der Waals surface area contributed by atoms with E-state index in [9.17, 15) is 18.0 Å². The van der Waals surface area contributed by atoms with E-state index in [4.69, 9.17) is 28.9 Å². The minimum absolute atomic E-state index is 0.0247. The van der Waals surface area contributed by atoms with E-state index < -0.39 is 24.2 Å². The van der Waals surface area contributed by atoms with E-state index in [2.05, 4.69) is 5.10 Å². The van der Waals surface area contributed by atoms with Gasteiger partial charge in [-0.15, -0.1) is 0 Å². The minimum Gasteiger partial charge on any atom is -0.369 e. The molecule has 1 aromatic carbocycles. The van der Waals surface area contributed by atoms with Crippen LogP contribution in [0.3, 0.4) is 0 Å². The number of rotatable bonds is 3. The number of hydrogen-bond acceptors (Lipinski definition) is 2. The Morgan fingerprint density at radius 2 is 2.00 bits per heavy atom. The van der Waals surface area contributed by atoms with Crippen molar-refractivity contribution in [2.75, 3.05) is 0 Å². The van der Waals surface area contributed by atoms with Crippen LogP contribution in [0.25, 0.3) is 11.1 Å². The molecule has 0 saturated carbocycles. The molecule has 4 nitrogen and oxygen atoms in total. The summed E-state index contributed by atoms with van der Waals surface area (Å²) in [7, 11) is 1.31. The van der Waals surface area contributed by atoms with Gasteiger partial charge in [0.05, 0.1) is 17.1 Å². The lowest BCUT2D eigenvalue weighted by molar-refractivity contribution is -0.141. The lowest BCUT2D eigenvalue weighted by Gasteiger charge is -2.10. The van der Waals surface area contributed by atoms with Crippen molar-refractivity contribution >= 4 is 29.1 Å². The Labute approximate surface area is 133 Å². The van der Waals surface area contributed by atoms with Crippen molar-refractivity contribution in [1.82, 2.24) is 9.78 Å². The van der Waals surface area contributed by atoms with Crippen LogP contribution in [0.4, 0.5) is 13.2 Å². The molecule has 1 heterocycles. The van der Waals surface area contributed by atoms with E-state index >= 15 is 0 Å². The summed E-state index contributed by atoms with van der Waals surface area (Å²) in [5, 5.41) is 3.77. The predicted molar refractivity (Wildman–Crippen MR) is 76.6 cm³/mol. The fourth-order valence-corrected chi connectivity index (χ4v) is 2.60. The van der Waals surface area contributed by atoms with Gasteiger partial charge in [0, 0.05) is 23.2 Å². The first-order valence-electron chi connectivity index (χ1n) is 5.98. The average Bonchev–Trinajstić information content (AvgIpc) is 2.67. The second kappa shape index (κ2) is 5.81. The number of carbonyl (C=O) groups is 1. The molecule has 0 aliphatic carbocycles. The van der Waals surface area contributed by atoms with Gasteiger partial charge >= 0.3 is 6.18 Å². The number of nitrogens with zero attached hydrogens (tertiary/aromatic N) is 2. The van der Waals surface area contributed by atoms with Gasteiger partial charge in [0.2, 0.25) is 5.91 Å². The third-order valence-electron chi connectivity index (χ3n) is 2.98. The molecular formula is C13H10Cl2F3N3O. The zero-order chi connectivity index (χ0) is 16.7. The number of aromatic nitrogens is 2. The molecule has 9 heteroatoms. The zero-order valence-electron chi connectivity index (χ0n) is 11.2. The molecule has 0 aliphatic rings. The second-order valence-corrected chi connectivity index (χ2v) is 5.40. The Bertz CT molecular complexity index is 741. The highest BCUT2D eigenvalue weighted by Gasteiger charge is 2.39. The Balaban J connectivity index is 2.78. The number of benzene rings is 1. The quantitative estimate of drug-likeness (QED) is 0.920. The summed E-state index contributed by atoms with van der Waals surface area (Å²) < 4.78 is 40.6. The first-order valence-corrected chi connectivity index (χ1v) is 6.73. The Morgan fingerprint density at radius 3 is 2.50 bits per heavy atom. The average molecular weight is 352 g/mol. The predicted octanol–water partition coefficient (Wildman–Crippen LogP) is 3.44. The minimum atomic E-state index is -4.70. The lowest BCUT2D eigenvalue weighted by Crippen LogP contribution is -2.16. The molecule has 0 unspecified atom stereocenters. The molecule has 0 saturated heterocycles. The fourth-order valence-electron chi connectivity index (χ4n) is 2.10. The first-order chi connectivity index (χ1) is 10.1. The van der Waals surface area contributed by atoms with E-state index in [1.165, 1.54) is 25.2 Å². The normalized spacial score (nSPS) is 11.7. The standard InChI is InChI=1S/C13H10Cl2F3N3O/c1-21-9(5-10(19)22)11(12(20-21)13(16,17)18)7-3-2-6(14)4-8(7)15/h2-4H,5H2,1H3,(H2,19,22). The number of aryl methyl sites for hydroxylation is 1. The van der Waals surface area contributed by atoms with Crippen molar-refractivity contribution in [2.24, 2.45) is 12.8 Å². The highest BCUT2D eigenvalue weighted by molar-refractivity contribution is 6.36. The Kier molecular flexibility index (Phi) is 4.39. The summed E-state index contributed by atoms with van der Waals surface area (Å²) in [6.07, 6.45) is -5.10. The topological polar surface area (TPSA) is 60.9 Å². The van der Waals surface area contributed by atoms with Crippen molar-refractivity contribution < 1.29 is 18.0 Å². The largest absolute Gasteiger partial charge is 0.435 e. The molecule has 0 aliphatic heterocycles. The molecule has 1 amide bonds. The van der Waals surface area contributed by atoms with Gasteiger partial charge in [-0.3, -0.25) is 9.48 Å². The third kappa shape index (κ3) is 3.20. The van der Waals surface area contributed by atoms with Crippen LogP contribution in [-0.4, -0.2) is 15.7 Å². The van der Waals surface area contributed by atoms with E-state index in [0.717, 1.165) is 4.68 Å². The van der Waals surface area contributed by atoms with Crippen LogP contribution in [-0.2, 0) is 24.4 Å². The van der Waals surface area contributed by atoms with Gasteiger partial charge in [0.15, 0.2) is 5.69 Å². The molecule has 0 fully saturated rings. The van der Waals surface area contributed by atoms with Crippen molar-refractivity contribution in [3.63, 3.8) is 0 Å². The molecule has 2 aromatic rings. The highest BCUT2D eigenvalue weighted by atomic mass is 35.5. The first kappa shape index (κ1) is 16.6. The molecular weight excluding hydrogens is 342 g/mol. The summed E-state index contributed by atoms with van der Waals surface area (Å²) >= 11 is 11.8. The number of primary amides is 1. The molecule has 22 heavy (non-hydrogen) atoms. The molecule has 0 radical (unpaired) electrons. The second-order valence-electron chi connectivity index (χ2n) is 4.56. The number of nitrogens with two attached hydrogens (primary N) is 1. The third-order valence-corrected chi connectivity index (χ3v) is 3.52. The molecule has 2 N–H and O–H groups in total. The summed E-state index contributed by atoms with van der Waals surface area (Å²) in [6.45, 7) is 0.